The van der Waals surface area contributed by atoms with Gasteiger partial charge >= 0.3 is 0 Å². The van der Waals surface area contributed by atoms with Crippen molar-refractivity contribution < 1.29 is 0 Å². The Morgan fingerprint density at radius 3 is 0.330 bits per heavy atom. The molecule has 0 bridgehead atoms. The Morgan fingerprint density at radius 2 is 0.193 bits per heavy atom. The standard InChI is InChI=1S/4C22H14/c4*1-3-7-19-15(5-1)9-11-17-13-18-12-10-16-6-2-4-8-20(16)22(18)14-21(17)19/h4*1-14H. The lowest BCUT2D eigenvalue weighted by molar-refractivity contribution is 1.78. The third-order valence-electron chi connectivity index (χ3n) is 18.4. The maximum absolute atomic E-state index is 2.36. The molecule has 0 saturated carbocycles. The van der Waals surface area contributed by atoms with Gasteiger partial charge in [0, 0.05) is 0 Å². The summed E-state index contributed by atoms with van der Waals surface area (Å²) < 4.78 is 0. The first kappa shape index (κ1) is 51.0. The molecule has 20 aromatic carbocycles. The maximum atomic E-state index is 2.36. The van der Waals surface area contributed by atoms with E-state index in [9.17, 15) is 0 Å². The normalized spacial score (nSPS) is 11.6. The van der Waals surface area contributed by atoms with E-state index in [1.165, 1.54) is 172 Å². The zero-order valence-corrected chi connectivity index (χ0v) is 48.3. The Kier molecular flexibility index (Phi) is 12.3. The van der Waals surface area contributed by atoms with Crippen molar-refractivity contribution in [3.05, 3.63) is 340 Å². The minimum absolute atomic E-state index is 1.30. The lowest BCUT2D eigenvalue weighted by Crippen LogP contribution is -1.81. The van der Waals surface area contributed by atoms with Crippen LogP contribution in [-0.4, -0.2) is 0 Å². The Morgan fingerprint density at radius 1 is 0.0795 bits per heavy atom. The highest BCUT2D eigenvalue weighted by Crippen LogP contribution is 2.38. The molecule has 0 nitrogen and oxygen atoms in total. The van der Waals surface area contributed by atoms with Gasteiger partial charge in [0.1, 0.15) is 0 Å². The summed E-state index contributed by atoms with van der Waals surface area (Å²) in [6.45, 7) is 0. The van der Waals surface area contributed by atoms with Crippen molar-refractivity contribution in [2.24, 2.45) is 0 Å². The summed E-state index contributed by atoms with van der Waals surface area (Å²) in [6.07, 6.45) is 0. The molecule has 0 spiro atoms. The van der Waals surface area contributed by atoms with Crippen LogP contribution in [0.25, 0.3) is 172 Å². The molecule has 0 atom stereocenters. The van der Waals surface area contributed by atoms with E-state index in [0.29, 0.717) is 0 Å². The molecule has 408 valence electrons. The zero-order chi connectivity index (χ0) is 58.1. The fourth-order valence-corrected chi connectivity index (χ4v) is 14.0. The molecule has 0 fully saturated rings. The number of benzene rings is 20. The molecule has 0 amide bonds. The number of hydrogen-bond donors (Lipinski definition) is 0. The maximum Gasteiger partial charge on any atom is -0.00988 e. The van der Waals surface area contributed by atoms with Crippen LogP contribution in [0.5, 0.6) is 0 Å². The van der Waals surface area contributed by atoms with Gasteiger partial charge in [-0.3, -0.25) is 0 Å². The summed E-state index contributed by atoms with van der Waals surface area (Å²) >= 11 is 0. The van der Waals surface area contributed by atoms with Crippen LogP contribution in [0.2, 0.25) is 0 Å². The van der Waals surface area contributed by atoms with Crippen LogP contribution in [0.15, 0.2) is 340 Å². The third kappa shape index (κ3) is 8.93. The first-order chi connectivity index (χ1) is 43.6. The molecule has 0 aliphatic carbocycles. The quantitative estimate of drug-likeness (QED) is 0.105. The van der Waals surface area contributed by atoms with E-state index in [1.54, 1.807) is 0 Å². The Bertz CT molecular complexity index is 5060. The summed E-state index contributed by atoms with van der Waals surface area (Å²) in [6, 6.07) is 123. The molecular formula is C88H56. The molecule has 20 aromatic rings. The topological polar surface area (TPSA) is 0 Å². The Balaban J connectivity index is 0.0000000910. The third-order valence-corrected chi connectivity index (χ3v) is 18.4. The van der Waals surface area contributed by atoms with E-state index in [2.05, 4.69) is 340 Å². The Labute approximate surface area is 509 Å². The number of rotatable bonds is 0. The van der Waals surface area contributed by atoms with Gasteiger partial charge in [-0.05, 0) is 221 Å². The second-order valence-corrected chi connectivity index (χ2v) is 23.5. The highest BCUT2D eigenvalue weighted by Gasteiger charge is 2.10. The monoisotopic (exact) mass is 1110 g/mol. The molecule has 0 aliphatic rings. The second kappa shape index (κ2) is 21.3. The van der Waals surface area contributed by atoms with Crippen molar-refractivity contribution in [1.29, 1.82) is 0 Å². The van der Waals surface area contributed by atoms with Crippen LogP contribution in [0.3, 0.4) is 0 Å². The summed E-state index contributed by atoms with van der Waals surface area (Å²) in [5.41, 5.74) is 0. The summed E-state index contributed by atoms with van der Waals surface area (Å²) in [5, 5.41) is 42.2. The lowest BCUT2D eigenvalue weighted by Gasteiger charge is -2.08. The van der Waals surface area contributed by atoms with Crippen molar-refractivity contribution in [3.63, 3.8) is 0 Å². The van der Waals surface area contributed by atoms with Gasteiger partial charge in [-0.25, -0.2) is 0 Å². The largest absolute Gasteiger partial charge is 0.0616 e. The molecule has 0 N–H and O–H groups in total. The Hall–Kier alpha value is -11.4. The number of fused-ring (bicyclic) bond motifs is 24. The zero-order valence-electron chi connectivity index (χ0n) is 48.3. The average Bonchev–Trinajstić information content (AvgIpc) is 1.89. The lowest BCUT2D eigenvalue weighted by atomic mass is 9.95. The van der Waals surface area contributed by atoms with Gasteiger partial charge in [0.25, 0.3) is 0 Å². The van der Waals surface area contributed by atoms with Crippen molar-refractivity contribution in [3.8, 4) is 0 Å². The molecule has 0 heteroatoms. The van der Waals surface area contributed by atoms with Crippen LogP contribution in [-0.2, 0) is 0 Å². The van der Waals surface area contributed by atoms with E-state index in [-0.39, 0.29) is 0 Å². The predicted molar refractivity (Wildman–Crippen MR) is 386 cm³/mol. The van der Waals surface area contributed by atoms with Gasteiger partial charge < -0.3 is 0 Å². The first-order valence-corrected chi connectivity index (χ1v) is 30.5. The smallest absolute Gasteiger partial charge is 0.00988 e. The molecule has 0 saturated heterocycles. The van der Waals surface area contributed by atoms with Gasteiger partial charge in [-0.1, -0.05) is 291 Å². The molecule has 20 rings (SSSR count). The van der Waals surface area contributed by atoms with E-state index >= 15 is 0 Å². The van der Waals surface area contributed by atoms with Crippen LogP contribution in [0.4, 0.5) is 0 Å². The van der Waals surface area contributed by atoms with Crippen LogP contribution in [0.1, 0.15) is 0 Å². The van der Waals surface area contributed by atoms with Crippen LogP contribution in [0, 0.1) is 0 Å². The fraction of sp³-hybridized carbons (Fsp3) is 0. The van der Waals surface area contributed by atoms with Gasteiger partial charge in [0.05, 0.1) is 0 Å². The minimum atomic E-state index is 1.30. The molecule has 0 radical (unpaired) electrons. The number of hydrogen-bond acceptors (Lipinski definition) is 0. The summed E-state index contributed by atoms with van der Waals surface area (Å²) in [7, 11) is 0. The molecule has 88 heavy (non-hydrogen) atoms. The van der Waals surface area contributed by atoms with E-state index in [0.717, 1.165) is 0 Å². The predicted octanol–water partition coefficient (Wildman–Crippen LogP) is 25.2. The van der Waals surface area contributed by atoms with E-state index in [4.69, 9.17) is 0 Å². The van der Waals surface area contributed by atoms with E-state index < -0.39 is 0 Å². The SMILES string of the molecule is c1ccc2c(c1)ccc1cc3ccc4ccccc4c3cc12.c1ccc2c(c1)ccc1cc3ccc4ccccc4c3cc12.c1ccc2c(c1)ccc1cc3ccc4ccccc4c3cc12.c1ccc2c(c1)ccc1cc3ccc4ccccc4c3cc12. The molecule has 0 aromatic heterocycles. The fourth-order valence-electron chi connectivity index (χ4n) is 14.0. The van der Waals surface area contributed by atoms with Gasteiger partial charge in [0.2, 0.25) is 0 Å². The molecule has 0 aliphatic heterocycles. The highest BCUT2D eigenvalue weighted by atomic mass is 14.1. The van der Waals surface area contributed by atoms with Crippen molar-refractivity contribution in [2.45, 2.75) is 0 Å². The molecule has 0 heterocycles. The van der Waals surface area contributed by atoms with Gasteiger partial charge in [-0.2, -0.15) is 0 Å². The van der Waals surface area contributed by atoms with Crippen LogP contribution < -0.4 is 0 Å². The minimum Gasteiger partial charge on any atom is -0.0616 e. The molecule has 0 unspecified atom stereocenters. The van der Waals surface area contributed by atoms with Crippen molar-refractivity contribution >= 4 is 172 Å². The highest BCUT2D eigenvalue weighted by molar-refractivity contribution is 6.22. The van der Waals surface area contributed by atoms with E-state index in [1.807, 2.05) is 0 Å². The first-order valence-electron chi connectivity index (χ1n) is 30.5. The summed E-state index contributed by atoms with van der Waals surface area (Å²) in [4.78, 5) is 0. The van der Waals surface area contributed by atoms with Crippen molar-refractivity contribution in [2.75, 3.05) is 0 Å². The van der Waals surface area contributed by atoms with Gasteiger partial charge in [0.15, 0.2) is 0 Å². The average molecular weight is 1110 g/mol. The second-order valence-electron chi connectivity index (χ2n) is 23.5. The molecular weight excluding hydrogens is 1060 g/mol. The van der Waals surface area contributed by atoms with Crippen LogP contribution >= 0.6 is 0 Å². The van der Waals surface area contributed by atoms with Crippen molar-refractivity contribution in [1.82, 2.24) is 0 Å². The van der Waals surface area contributed by atoms with Gasteiger partial charge in [-0.15, -0.1) is 0 Å². The summed E-state index contributed by atoms with van der Waals surface area (Å²) in [5.74, 6) is 0.